The van der Waals surface area contributed by atoms with Crippen molar-refractivity contribution in [2.45, 2.75) is 146 Å². The Morgan fingerprint density at radius 3 is 2.14 bits per heavy atom. The first kappa shape index (κ1) is 45.7. The number of phosphoric acid groups is 1. The topological polar surface area (TPSA) is 204 Å². The Balaban J connectivity index is 1.17. The Kier molecular flexibility index (Phi) is 19.6. The molecule has 3 aromatic rings. The van der Waals surface area contributed by atoms with E-state index in [-0.39, 0.29) is 37.1 Å². The summed E-state index contributed by atoms with van der Waals surface area (Å²) < 4.78 is 55.6. The molecule has 6 atom stereocenters. The van der Waals surface area contributed by atoms with Gasteiger partial charge in [0.15, 0.2) is 5.82 Å². The summed E-state index contributed by atoms with van der Waals surface area (Å²) in [5.74, 6) is -0.262. The molecule has 0 bridgehead atoms. The van der Waals surface area contributed by atoms with Crippen molar-refractivity contribution in [3.8, 4) is 6.07 Å². The number of aliphatic hydroxyl groups excluding tert-OH is 2. The van der Waals surface area contributed by atoms with Crippen LogP contribution in [0.25, 0.3) is 5.52 Å². The maximum atomic E-state index is 13.4. The minimum atomic E-state index is -4.76. The van der Waals surface area contributed by atoms with Gasteiger partial charge in [-0.1, -0.05) is 115 Å². The molecule has 14 nitrogen and oxygen atoms in total. The van der Waals surface area contributed by atoms with Crippen LogP contribution in [0.4, 0.5) is 10.2 Å². The number of nitrogen functional groups attached to an aromatic ring is 1. The summed E-state index contributed by atoms with van der Waals surface area (Å²) in [4.78, 5) is 14.4. The van der Waals surface area contributed by atoms with Crippen LogP contribution in [0.2, 0.25) is 0 Å². The molecule has 1 aromatic carbocycles. The second-order valence-electron chi connectivity index (χ2n) is 14.6. The van der Waals surface area contributed by atoms with E-state index < -0.39 is 44.4 Å². The molecule has 4 rings (SSSR count). The zero-order chi connectivity index (χ0) is 40.2. The van der Waals surface area contributed by atoms with Gasteiger partial charge in [-0.05, 0) is 36.2 Å². The number of nitrogens with two attached hydrogens (primary N) is 1. The molecule has 0 aliphatic carbocycles. The lowest BCUT2D eigenvalue weighted by Gasteiger charge is -2.24. The van der Waals surface area contributed by atoms with Gasteiger partial charge in [-0.15, -0.1) is 0 Å². The number of hydrogen-bond acceptors (Lipinski definition) is 12. The van der Waals surface area contributed by atoms with E-state index in [1.165, 1.54) is 112 Å². The van der Waals surface area contributed by atoms with Gasteiger partial charge in [-0.3, -0.25) is 9.05 Å². The quantitative estimate of drug-likeness (QED) is 0.0403. The van der Waals surface area contributed by atoms with E-state index in [9.17, 15) is 29.3 Å². The number of nitriles is 1. The predicted molar refractivity (Wildman–Crippen MR) is 209 cm³/mol. The van der Waals surface area contributed by atoms with Crippen LogP contribution in [0.15, 0.2) is 42.7 Å². The Morgan fingerprint density at radius 2 is 1.54 bits per heavy atom. The number of hydrogen-bond donors (Lipinski definition) is 4. The summed E-state index contributed by atoms with van der Waals surface area (Å²) in [6, 6.07) is 10.7. The van der Waals surface area contributed by atoms with Crippen molar-refractivity contribution in [2.24, 2.45) is 0 Å². The molecule has 1 saturated heterocycles. The Bertz CT molecular complexity index is 1660. The summed E-state index contributed by atoms with van der Waals surface area (Å²) in [5, 5.41) is 35.9. The van der Waals surface area contributed by atoms with Gasteiger partial charge in [0, 0.05) is 6.61 Å². The summed E-state index contributed by atoms with van der Waals surface area (Å²) in [6.07, 6.45) is 15.9. The van der Waals surface area contributed by atoms with Crippen LogP contribution in [0.1, 0.15) is 121 Å². The monoisotopic (exact) mass is 805 g/mol. The fourth-order valence-electron chi connectivity index (χ4n) is 6.84. The Labute approximate surface area is 330 Å². The van der Waals surface area contributed by atoms with Gasteiger partial charge < -0.3 is 35.1 Å². The number of halogens is 1. The molecule has 56 heavy (non-hydrogen) atoms. The molecule has 1 fully saturated rings. The fourth-order valence-corrected chi connectivity index (χ4v) is 7.60. The van der Waals surface area contributed by atoms with Crippen LogP contribution < -0.4 is 5.73 Å². The van der Waals surface area contributed by atoms with E-state index in [0.717, 1.165) is 25.6 Å². The van der Waals surface area contributed by atoms with Crippen molar-refractivity contribution in [3.63, 3.8) is 0 Å². The number of anilines is 1. The molecule has 312 valence electrons. The van der Waals surface area contributed by atoms with Gasteiger partial charge in [0.05, 0.1) is 32.1 Å². The number of benzene rings is 1. The highest BCUT2D eigenvalue weighted by Crippen LogP contribution is 2.46. The van der Waals surface area contributed by atoms with E-state index in [0.29, 0.717) is 17.7 Å². The second-order valence-corrected chi connectivity index (χ2v) is 16.1. The number of phosphoric ester groups is 1. The van der Waals surface area contributed by atoms with Gasteiger partial charge in [0.1, 0.15) is 48.1 Å². The minimum Gasteiger partial charge on any atom is -0.387 e. The maximum Gasteiger partial charge on any atom is 0.472 e. The number of unbranched alkanes of at least 4 members (excludes halogenated alkanes) is 15. The first-order valence-electron chi connectivity index (χ1n) is 20.2. The zero-order valence-corrected chi connectivity index (χ0v) is 33.6. The summed E-state index contributed by atoms with van der Waals surface area (Å²) in [5.41, 5.74) is 4.90. The molecular formula is C40H61FN5O9P. The van der Waals surface area contributed by atoms with Crippen LogP contribution in [-0.4, -0.2) is 80.5 Å². The number of nitrogens with zero attached hydrogens (tertiary/aromatic N) is 4. The third-order valence-electron chi connectivity index (χ3n) is 10.2. The van der Waals surface area contributed by atoms with Crippen molar-refractivity contribution in [3.05, 3.63) is 59.8 Å². The van der Waals surface area contributed by atoms with Gasteiger partial charge in [0.2, 0.25) is 5.60 Å². The van der Waals surface area contributed by atoms with Gasteiger partial charge in [0.25, 0.3) is 0 Å². The van der Waals surface area contributed by atoms with Crippen LogP contribution in [0, 0.1) is 17.1 Å². The smallest absolute Gasteiger partial charge is 0.387 e. The van der Waals surface area contributed by atoms with E-state index in [1.807, 2.05) is 6.07 Å². The van der Waals surface area contributed by atoms with E-state index in [2.05, 4.69) is 17.0 Å². The standard InChI is InChI=1S/C40H61FN5O9P/c1-2-3-4-5-6-7-8-9-10-11-12-13-14-15-16-17-24-51-26-33(52-25-31-18-20-32(41)21-19-31)27-53-56(49,50)54-28-35-37(47)38(48)40(29-42,55-35)36-23-22-34-39(43)44-30-45-46(34)36/h18-23,30,33,35,37-38,47-48H,2-17,24-28H2,1H3,(H,49,50)(H2,43,44,45)/t33-,35-,37-,38-,40+/m1/s1. The molecule has 0 radical (unpaired) electrons. The van der Waals surface area contributed by atoms with Crippen LogP contribution in [0.5, 0.6) is 0 Å². The first-order chi connectivity index (χ1) is 27.1. The molecule has 1 unspecified atom stereocenters. The van der Waals surface area contributed by atoms with Crippen LogP contribution in [0.3, 0.4) is 0 Å². The van der Waals surface area contributed by atoms with E-state index in [1.54, 1.807) is 12.1 Å². The highest BCUT2D eigenvalue weighted by Gasteiger charge is 2.58. The average molecular weight is 806 g/mol. The number of rotatable bonds is 29. The lowest BCUT2D eigenvalue weighted by Crippen LogP contribution is -2.41. The molecule has 3 heterocycles. The molecule has 2 aromatic heterocycles. The normalized spacial score (nSPS) is 21.3. The highest BCUT2D eigenvalue weighted by atomic mass is 31.2. The largest absolute Gasteiger partial charge is 0.472 e. The predicted octanol–water partition coefficient (Wildman–Crippen LogP) is 7.29. The highest BCUT2D eigenvalue weighted by molar-refractivity contribution is 7.47. The Morgan fingerprint density at radius 1 is 0.929 bits per heavy atom. The summed E-state index contributed by atoms with van der Waals surface area (Å²) in [6.45, 7) is 1.80. The number of aromatic nitrogens is 3. The Hall–Kier alpha value is -3.03. The molecule has 0 spiro atoms. The summed E-state index contributed by atoms with van der Waals surface area (Å²) >= 11 is 0. The fraction of sp³-hybridized carbons (Fsp3) is 0.675. The molecule has 5 N–H and O–H groups in total. The van der Waals surface area contributed by atoms with Crippen LogP contribution in [-0.2, 0) is 40.0 Å². The zero-order valence-electron chi connectivity index (χ0n) is 32.7. The molecule has 0 saturated carbocycles. The molecule has 1 aliphatic heterocycles. The maximum absolute atomic E-state index is 13.4. The van der Waals surface area contributed by atoms with Gasteiger partial charge >= 0.3 is 7.82 Å². The first-order valence-corrected chi connectivity index (χ1v) is 21.7. The van der Waals surface area contributed by atoms with Crippen LogP contribution >= 0.6 is 7.82 Å². The average Bonchev–Trinajstić information content (AvgIpc) is 3.74. The molecule has 16 heteroatoms. The van der Waals surface area contributed by atoms with E-state index in [4.69, 9.17) is 29.0 Å². The van der Waals surface area contributed by atoms with Crippen molar-refractivity contribution >= 4 is 19.2 Å². The molecular weight excluding hydrogens is 744 g/mol. The lowest BCUT2D eigenvalue weighted by atomic mass is 9.92. The minimum absolute atomic E-state index is 0.0700. The van der Waals surface area contributed by atoms with Crippen molar-refractivity contribution < 1.29 is 47.3 Å². The van der Waals surface area contributed by atoms with E-state index >= 15 is 0 Å². The summed E-state index contributed by atoms with van der Waals surface area (Å²) in [7, 11) is -4.76. The van der Waals surface area contributed by atoms with Gasteiger partial charge in [-0.2, -0.15) is 10.4 Å². The second kappa shape index (κ2) is 24.0. The molecule has 0 amide bonds. The number of aliphatic hydroxyl groups is 2. The van der Waals surface area contributed by atoms with Gasteiger partial charge in [-0.25, -0.2) is 18.5 Å². The third kappa shape index (κ3) is 14.1. The lowest BCUT2D eigenvalue weighted by molar-refractivity contribution is -0.0690. The van der Waals surface area contributed by atoms with Crippen molar-refractivity contribution in [1.82, 2.24) is 14.6 Å². The van der Waals surface area contributed by atoms with Crippen molar-refractivity contribution in [2.75, 3.05) is 32.2 Å². The number of ether oxygens (including phenoxy) is 3. The SMILES string of the molecule is CCCCCCCCCCCCCCCCCCOC[C@H](COP(=O)(O)OC[C@H]1O[C@@](C#N)(c2ccc3c(N)ncnn23)[C@H](O)[C@@H]1O)OCc1ccc(F)cc1. The van der Waals surface area contributed by atoms with Crippen molar-refractivity contribution in [1.29, 1.82) is 5.26 Å². The number of fused-ring (bicyclic) bond motifs is 1. The third-order valence-corrected chi connectivity index (χ3v) is 11.1. The molecule has 1 aliphatic rings.